The van der Waals surface area contributed by atoms with E-state index >= 15 is 0 Å². The first-order valence-electron chi connectivity index (χ1n) is 11.2. The molecule has 1 aliphatic heterocycles. The summed E-state index contributed by atoms with van der Waals surface area (Å²) in [7, 11) is 0. The van der Waals surface area contributed by atoms with E-state index in [1.54, 1.807) is 0 Å². The van der Waals surface area contributed by atoms with Crippen molar-refractivity contribution in [1.82, 2.24) is 9.88 Å². The maximum atomic E-state index is 5.75. The van der Waals surface area contributed by atoms with E-state index in [-0.39, 0.29) is 0 Å². The number of nitrogens with two attached hydrogens (primary N) is 1. The van der Waals surface area contributed by atoms with Crippen molar-refractivity contribution in [2.24, 2.45) is 22.6 Å². The van der Waals surface area contributed by atoms with Crippen molar-refractivity contribution in [3.05, 3.63) is 41.2 Å². The number of aliphatic imine (C=N–C) groups is 1. The van der Waals surface area contributed by atoms with E-state index in [1.165, 1.54) is 48.9 Å². The van der Waals surface area contributed by atoms with Crippen molar-refractivity contribution in [2.45, 2.75) is 71.4 Å². The van der Waals surface area contributed by atoms with Gasteiger partial charge in [0.25, 0.3) is 0 Å². The van der Waals surface area contributed by atoms with Gasteiger partial charge in [-0.2, -0.15) is 0 Å². The molecule has 2 unspecified atom stereocenters. The highest BCUT2D eigenvalue weighted by molar-refractivity contribution is 5.72. The summed E-state index contributed by atoms with van der Waals surface area (Å²) in [6.07, 6.45) is 17.7. The molecular formula is C24H38N4. The first-order chi connectivity index (χ1) is 13.7. The van der Waals surface area contributed by atoms with Gasteiger partial charge in [0.1, 0.15) is 0 Å². The van der Waals surface area contributed by atoms with Crippen LogP contribution in [0.4, 0.5) is 0 Å². The summed E-state index contributed by atoms with van der Waals surface area (Å²) in [4.78, 5) is 12.2. The van der Waals surface area contributed by atoms with Crippen molar-refractivity contribution >= 4 is 6.21 Å². The van der Waals surface area contributed by atoms with Crippen LogP contribution in [-0.2, 0) is 6.54 Å². The van der Waals surface area contributed by atoms with Crippen molar-refractivity contribution in [3.8, 4) is 0 Å². The molecule has 4 nitrogen and oxygen atoms in total. The molecule has 0 bridgehead atoms. The SMILES string of the molecule is Cc1cnc(CN(CCCCN)CC2N=CC=CC2C2CCCCC2)c(C)c1. The lowest BCUT2D eigenvalue weighted by Crippen LogP contribution is -2.39. The van der Waals surface area contributed by atoms with E-state index in [9.17, 15) is 0 Å². The van der Waals surface area contributed by atoms with Gasteiger partial charge in [0.05, 0.1) is 11.7 Å². The number of pyridine rings is 1. The molecule has 28 heavy (non-hydrogen) atoms. The molecule has 1 aromatic rings. The van der Waals surface area contributed by atoms with Gasteiger partial charge >= 0.3 is 0 Å². The number of unbranched alkanes of at least 4 members (excludes halogenated alkanes) is 1. The molecule has 0 aromatic carbocycles. The molecule has 2 heterocycles. The molecule has 2 N–H and O–H groups in total. The number of allylic oxidation sites excluding steroid dienone is 1. The second-order valence-corrected chi connectivity index (χ2v) is 8.73. The lowest BCUT2D eigenvalue weighted by atomic mass is 9.76. The number of hydrogen-bond acceptors (Lipinski definition) is 4. The predicted molar refractivity (Wildman–Crippen MR) is 119 cm³/mol. The predicted octanol–water partition coefficient (Wildman–Crippen LogP) is 4.45. The third-order valence-electron chi connectivity index (χ3n) is 6.41. The first kappa shape index (κ1) is 21.2. The zero-order valence-corrected chi connectivity index (χ0v) is 17.8. The molecule has 1 aliphatic carbocycles. The van der Waals surface area contributed by atoms with E-state index in [1.807, 2.05) is 12.4 Å². The van der Waals surface area contributed by atoms with Gasteiger partial charge in [0.15, 0.2) is 0 Å². The normalized spacial score (nSPS) is 22.9. The fourth-order valence-electron chi connectivity index (χ4n) is 4.83. The molecule has 2 aliphatic rings. The molecule has 4 heteroatoms. The van der Waals surface area contributed by atoms with Gasteiger partial charge in [-0.3, -0.25) is 14.9 Å². The highest BCUT2D eigenvalue weighted by atomic mass is 15.1. The van der Waals surface area contributed by atoms with Gasteiger partial charge in [-0.1, -0.05) is 31.4 Å². The smallest absolute Gasteiger partial charge is 0.0691 e. The third kappa shape index (κ3) is 5.99. The molecular weight excluding hydrogens is 344 g/mol. The topological polar surface area (TPSA) is 54.5 Å². The number of aryl methyl sites for hydroxylation is 2. The second kappa shape index (κ2) is 10.9. The van der Waals surface area contributed by atoms with Crippen LogP contribution >= 0.6 is 0 Å². The lowest BCUT2D eigenvalue weighted by molar-refractivity contribution is 0.188. The summed E-state index contributed by atoms with van der Waals surface area (Å²) < 4.78 is 0. The summed E-state index contributed by atoms with van der Waals surface area (Å²) in [5.74, 6) is 1.40. The van der Waals surface area contributed by atoms with E-state index in [0.717, 1.165) is 44.9 Å². The van der Waals surface area contributed by atoms with Gasteiger partial charge in [0, 0.05) is 31.4 Å². The maximum Gasteiger partial charge on any atom is 0.0691 e. The molecule has 1 fully saturated rings. The molecule has 0 spiro atoms. The fraction of sp³-hybridized carbons (Fsp3) is 0.667. The largest absolute Gasteiger partial charge is 0.330 e. The number of rotatable bonds is 9. The Morgan fingerprint density at radius 1 is 1.14 bits per heavy atom. The third-order valence-corrected chi connectivity index (χ3v) is 6.41. The van der Waals surface area contributed by atoms with Gasteiger partial charge in [-0.05, 0) is 75.7 Å². The van der Waals surface area contributed by atoms with Crippen molar-refractivity contribution in [2.75, 3.05) is 19.6 Å². The summed E-state index contributed by atoms with van der Waals surface area (Å²) in [6, 6.07) is 2.61. The zero-order valence-electron chi connectivity index (χ0n) is 17.8. The summed E-state index contributed by atoms with van der Waals surface area (Å²) >= 11 is 0. The minimum atomic E-state index is 0.372. The van der Waals surface area contributed by atoms with E-state index < -0.39 is 0 Å². The summed E-state index contributed by atoms with van der Waals surface area (Å²) in [6.45, 7) is 8.05. The second-order valence-electron chi connectivity index (χ2n) is 8.73. The molecule has 3 rings (SSSR count). The Morgan fingerprint density at radius 2 is 1.96 bits per heavy atom. The minimum absolute atomic E-state index is 0.372. The van der Waals surface area contributed by atoms with Crippen molar-refractivity contribution in [1.29, 1.82) is 0 Å². The standard InChI is InChI=1S/C24H38N4/c1-19-15-20(2)23(27-16-19)17-28(14-7-6-12-25)18-24-22(11-8-13-26-24)21-9-4-3-5-10-21/h8,11,13,15-16,21-22,24H,3-7,9-10,12,14,17-18,25H2,1-2H3. The van der Waals surface area contributed by atoms with Crippen LogP contribution in [0, 0.1) is 25.7 Å². The Labute approximate surface area is 171 Å². The Kier molecular flexibility index (Phi) is 8.23. The Balaban J connectivity index is 1.69. The molecule has 1 aromatic heterocycles. The van der Waals surface area contributed by atoms with Crippen LogP contribution in [0.15, 0.2) is 29.4 Å². The number of aromatic nitrogens is 1. The Morgan fingerprint density at radius 3 is 2.71 bits per heavy atom. The molecule has 0 saturated heterocycles. The number of dihydropyridines is 1. The number of hydrogen-bond donors (Lipinski definition) is 1. The lowest BCUT2D eigenvalue weighted by Gasteiger charge is -2.36. The maximum absolute atomic E-state index is 5.75. The summed E-state index contributed by atoms with van der Waals surface area (Å²) in [5, 5.41) is 0. The van der Waals surface area contributed by atoms with Crippen LogP contribution in [0.3, 0.4) is 0 Å². The Hall–Kier alpha value is -1.52. The quantitative estimate of drug-likeness (QED) is 0.642. The highest BCUT2D eigenvalue weighted by Gasteiger charge is 2.30. The van der Waals surface area contributed by atoms with Crippen LogP contribution in [0.1, 0.15) is 61.8 Å². The van der Waals surface area contributed by atoms with Crippen molar-refractivity contribution in [3.63, 3.8) is 0 Å². The van der Waals surface area contributed by atoms with Gasteiger partial charge in [0.2, 0.25) is 0 Å². The van der Waals surface area contributed by atoms with Crippen LogP contribution in [0.5, 0.6) is 0 Å². The fourth-order valence-corrected chi connectivity index (χ4v) is 4.83. The van der Waals surface area contributed by atoms with Crippen LogP contribution in [-0.4, -0.2) is 41.8 Å². The molecule has 1 saturated carbocycles. The van der Waals surface area contributed by atoms with Gasteiger partial charge in [-0.15, -0.1) is 0 Å². The van der Waals surface area contributed by atoms with Crippen LogP contribution in [0.2, 0.25) is 0 Å². The molecule has 2 atom stereocenters. The van der Waals surface area contributed by atoms with Gasteiger partial charge in [-0.25, -0.2) is 0 Å². The zero-order chi connectivity index (χ0) is 19.8. The average Bonchev–Trinajstić information content (AvgIpc) is 2.71. The monoisotopic (exact) mass is 382 g/mol. The average molecular weight is 383 g/mol. The van der Waals surface area contributed by atoms with Gasteiger partial charge < -0.3 is 5.73 Å². The van der Waals surface area contributed by atoms with E-state index in [2.05, 4.69) is 37.0 Å². The minimum Gasteiger partial charge on any atom is -0.330 e. The number of nitrogens with zero attached hydrogens (tertiary/aromatic N) is 3. The molecule has 0 radical (unpaired) electrons. The molecule has 0 amide bonds. The Bertz CT molecular complexity index is 661. The first-order valence-corrected chi connectivity index (χ1v) is 11.2. The highest BCUT2D eigenvalue weighted by Crippen LogP contribution is 2.35. The molecule has 154 valence electrons. The van der Waals surface area contributed by atoms with E-state index in [0.29, 0.717) is 12.0 Å². The van der Waals surface area contributed by atoms with Crippen LogP contribution < -0.4 is 5.73 Å². The summed E-state index contributed by atoms with van der Waals surface area (Å²) in [5.41, 5.74) is 9.47. The van der Waals surface area contributed by atoms with E-state index in [4.69, 9.17) is 15.7 Å². The van der Waals surface area contributed by atoms with Crippen molar-refractivity contribution < 1.29 is 0 Å². The van der Waals surface area contributed by atoms with Crippen LogP contribution in [0.25, 0.3) is 0 Å².